The molecular formula is C15H25N3O. The molecule has 2 N–H and O–H groups in total. The minimum Gasteiger partial charge on any atom is -0.376 e. The average Bonchev–Trinajstić information content (AvgIpc) is 2.45. The van der Waals surface area contributed by atoms with Crippen molar-refractivity contribution in [1.29, 1.82) is 0 Å². The topological polar surface area (TPSA) is 51.4 Å². The third-order valence-corrected chi connectivity index (χ3v) is 3.54. The van der Waals surface area contributed by atoms with E-state index in [1.165, 1.54) is 0 Å². The summed E-state index contributed by atoms with van der Waals surface area (Å²) < 4.78 is 5.88. The van der Waals surface area contributed by atoms with Gasteiger partial charge in [-0.25, -0.2) is 4.98 Å². The molecule has 0 aliphatic carbocycles. The van der Waals surface area contributed by atoms with Crippen LogP contribution >= 0.6 is 0 Å². The van der Waals surface area contributed by atoms with Crippen molar-refractivity contribution in [2.75, 3.05) is 24.6 Å². The Bertz CT molecular complexity index is 395. The molecule has 4 heteroatoms. The molecule has 1 unspecified atom stereocenters. The summed E-state index contributed by atoms with van der Waals surface area (Å²) in [5.74, 6) is 1.03. The van der Waals surface area contributed by atoms with E-state index in [-0.39, 0.29) is 6.04 Å². The Morgan fingerprint density at radius 1 is 1.58 bits per heavy atom. The van der Waals surface area contributed by atoms with Crippen LogP contribution in [0.3, 0.4) is 0 Å². The highest BCUT2D eigenvalue weighted by atomic mass is 16.5. The number of aromatic nitrogens is 1. The summed E-state index contributed by atoms with van der Waals surface area (Å²) in [6.07, 6.45) is 5.56. The Labute approximate surface area is 116 Å². The zero-order valence-corrected chi connectivity index (χ0v) is 12.0. The Morgan fingerprint density at radius 2 is 2.42 bits per heavy atom. The van der Waals surface area contributed by atoms with Crippen LogP contribution in [0, 0.1) is 0 Å². The summed E-state index contributed by atoms with van der Waals surface area (Å²) >= 11 is 0. The molecule has 2 rings (SSSR count). The zero-order valence-electron chi connectivity index (χ0n) is 12.0. The van der Waals surface area contributed by atoms with Gasteiger partial charge >= 0.3 is 0 Å². The van der Waals surface area contributed by atoms with E-state index >= 15 is 0 Å². The lowest BCUT2D eigenvalue weighted by molar-refractivity contribution is 0.0439. The molecular weight excluding hydrogens is 238 g/mol. The van der Waals surface area contributed by atoms with Crippen LogP contribution < -0.4 is 10.6 Å². The highest BCUT2D eigenvalue weighted by Gasteiger charge is 2.23. The van der Waals surface area contributed by atoms with Crippen molar-refractivity contribution in [3.05, 3.63) is 23.9 Å². The van der Waals surface area contributed by atoms with Crippen LogP contribution in [0.4, 0.5) is 5.82 Å². The van der Waals surface area contributed by atoms with Gasteiger partial charge in [0, 0.05) is 37.5 Å². The average molecular weight is 263 g/mol. The molecule has 1 aliphatic heterocycles. The highest BCUT2D eigenvalue weighted by molar-refractivity contribution is 5.48. The molecule has 0 amide bonds. The van der Waals surface area contributed by atoms with Crippen molar-refractivity contribution in [3.8, 4) is 0 Å². The number of hydrogen-bond donors (Lipinski definition) is 1. The van der Waals surface area contributed by atoms with Gasteiger partial charge in [-0.1, -0.05) is 13.0 Å². The maximum atomic E-state index is 6.04. The summed E-state index contributed by atoms with van der Waals surface area (Å²) in [7, 11) is 0. The molecule has 4 nitrogen and oxygen atoms in total. The van der Waals surface area contributed by atoms with Crippen LogP contribution in [0.25, 0.3) is 0 Å². The van der Waals surface area contributed by atoms with E-state index in [1.54, 1.807) is 0 Å². The smallest absolute Gasteiger partial charge is 0.133 e. The number of piperidine rings is 1. The highest BCUT2D eigenvalue weighted by Crippen LogP contribution is 2.26. The number of nitrogens with two attached hydrogens (primary N) is 1. The van der Waals surface area contributed by atoms with Gasteiger partial charge in [0.1, 0.15) is 5.82 Å². The molecule has 106 valence electrons. The maximum absolute atomic E-state index is 6.04. The second kappa shape index (κ2) is 6.87. The van der Waals surface area contributed by atoms with Crippen LogP contribution in [0.5, 0.6) is 0 Å². The lowest BCUT2D eigenvalue weighted by Crippen LogP contribution is -2.41. The third kappa shape index (κ3) is 3.67. The number of hydrogen-bond acceptors (Lipinski definition) is 4. The van der Waals surface area contributed by atoms with E-state index < -0.39 is 0 Å². The molecule has 1 aromatic rings. The van der Waals surface area contributed by atoms with Crippen LogP contribution in [-0.4, -0.2) is 30.8 Å². The molecule has 0 aromatic carbocycles. The first-order valence-electron chi connectivity index (χ1n) is 7.29. The fraction of sp³-hybridized carbons (Fsp3) is 0.667. The molecule has 0 spiro atoms. The molecule has 1 saturated heterocycles. The molecule has 1 aromatic heterocycles. The number of nitrogens with zero attached hydrogens (tertiary/aromatic N) is 2. The number of pyridine rings is 1. The Kier molecular flexibility index (Phi) is 5.16. The quantitative estimate of drug-likeness (QED) is 0.887. The van der Waals surface area contributed by atoms with Gasteiger partial charge in [-0.3, -0.25) is 0 Å². The SMILES string of the molecule is CCCOC1CCCN(c2ncccc2[C@@H](C)N)C1. The van der Waals surface area contributed by atoms with Crippen molar-refractivity contribution in [2.24, 2.45) is 5.73 Å². The van der Waals surface area contributed by atoms with Crippen LogP contribution in [-0.2, 0) is 4.74 Å². The van der Waals surface area contributed by atoms with E-state index in [2.05, 4.69) is 22.9 Å². The standard InChI is InChI=1S/C15H25N3O/c1-3-10-19-13-6-5-9-18(11-13)15-14(12(2)16)7-4-8-17-15/h4,7-8,12-13H,3,5-6,9-11,16H2,1-2H3/t12-,13?/m1/s1. The third-order valence-electron chi connectivity index (χ3n) is 3.54. The summed E-state index contributed by atoms with van der Waals surface area (Å²) in [5, 5.41) is 0. The molecule has 0 radical (unpaired) electrons. The van der Waals surface area contributed by atoms with E-state index in [0.29, 0.717) is 6.10 Å². The lowest BCUT2D eigenvalue weighted by atomic mass is 10.1. The van der Waals surface area contributed by atoms with E-state index in [0.717, 1.165) is 50.3 Å². The van der Waals surface area contributed by atoms with Gasteiger partial charge in [-0.15, -0.1) is 0 Å². The minimum atomic E-state index is 0.0145. The molecule has 0 saturated carbocycles. The number of ether oxygens (including phenoxy) is 1. The normalized spacial score (nSPS) is 21.4. The van der Waals surface area contributed by atoms with Crippen molar-refractivity contribution in [1.82, 2.24) is 4.98 Å². The van der Waals surface area contributed by atoms with Crippen LogP contribution in [0.1, 0.15) is 44.7 Å². The molecule has 0 bridgehead atoms. The molecule has 1 fully saturated rings. The molecule has 19 heavy (non-hydrogen) atoms. The molecule has 2 heterocycles. The lowest BCUT2D eigenvalue weighted by Gasteiger charge is -2.34. The maximum Gasteiger partial charge on any atom is 0.133 e. The van der Waals surface area contributed by atoms with E-state index in [1.807, 2.05) is 19.2 Å². The monoisotopic (exact) mass is 263 g/mol. The summed E-state index contributed by atoms with van der Waals surface area (Å²) in [6.45, 7) is 6.98. The van der Waals surface area contributed by atoms with Gasteiger partial charge in [0.05, 0.1) is 6.10 Å². The summed E-state index contributed by atoms with van der Waals surface area (Å²) in [4.78, 5) is 6.85. The van der Waals surface area contributed by atoms with E-state index in [4.69, 9.17) is 10.5 Å². The molecule has 1 aliphatic rings. The predicted octanol–water partition coefficient (Wildman–Crippen LogP) is 2.50. The van der Waals surface area contributed by atoms with Gasteiger partial charge in [0.2, 0.25) is 0 Å². The first-order chi connectivity index (χ1) is 9.22. The predicted molar refractivity (Wildman–Crippen MR) is 78.3 cm³/mol. The Hall–Kier alpha value is -1.13. The second-order valence-electron chi connectivity index (χ2n) is 5.29. The van der Waals surface area contributed by atoms with Crippen LogP contribution in [0.2, 0.25) is 0 Å². The summed E-state index contributed by atoms with van der Waals surface area (Å²) in [5.41, 5.74) is 7.16. The van der Waals surface area contributed by atoms with Crippen molar-refractivity contribution in [2.45, 2.75) is 45.3 Å². The Balaban J connectivity index is 2.08. The largest absolute Gasteiger partial charge is 0.376 e. The van der Waals surface area contributed by atoms with Gasteiger partial charge in [-0.05, 0) is 32.3 Å². The first kappa shape index (κ1) is 14.3. The van der Waals surface area contributed by atoms with Gasteiger partial charge in [0.15, 0.2) is 0 Å². The zero-order chi connectivity index (χ0) is 13.7. The number of anilines is 1. The van der Waals surface area contributed by atoms with Crippen molar-refractivity contribution in [3.63, 3.8) is 0 Å². The number of rotatable bonds is 5. The second-order valence-corrected chi connectivity index (χ2v) is 5.29. The van der Waals surface area contributed by atoms with Crippen molar-refractivity contribution < 1.29 is 4.74 Å². The fourth-order valence-electron chi connectivity index (χ4n) is 2.58. The molecule has 2 atom stereocenters. The van der Waals surface area contributed by atoms with Gasteiger partial charge in [-0.2, -0.15) is 0 Å². The van der Waals surface area contributed by atoms with Crippen molar-refractivity contribution >= 4 is 5.82 Å². The summed E-state index contributed by atoms with van der Waals surface area (Å²) in [6, 6.07) is 4.04. The fourth-order valence-corrected chi connectivity index (χ4v) is 2.58. The van der Waals surface area contributed by atoms with Gasteiger partial charge < -0.3 is 15.4 Å². The van der Waals surface area contributed by atoms with Crippen LogP contribution in [0.15, 0.2) is 18.3 Å². The van der Waals surface area contributed by atoms with Gasteiger partial charge in [0.25, 0.3) is 0 Å². The first-order valence-corrected chi connectivity index (χ1v) is 7.29. The minimum absolute atomic E-state index is 0.0145. The Morgan fingerprint density at radius 3 is 3.16 bits per heavy atom. The van der Waals surface area contributed by atoms with E-state index in [9.17, 15) is 0 Å².